The summed E-state index contributed by atoms with van der Waals surface area (Å²) in [6, 6.07) is 0. The highest BCUT2D eigenvalue weighted by Crippen LogP contribution is 2.43. The minimum atomic E-state index is 0.951. The van der Waals surface area contributed by atoms with Crippen LogP contribution >= 0.6 is 15.9 Å². The molecule has 2 rings (SSSR count). The van der Waals surface area contributed by atoms with Crippen molar-refractivity contribution in [3.63, 3.8) is 0 Å². The number of halogens is 1. The fourth-order valence-corrected chi connectivity index (χ4v) is 3.50. The van der Waals surface area contributed by atoms with Crippen molar-refractivity contribution in [2.45, 2.75) is 44.9 Å². The summed E-state index contributed by atoms with van der Waals surface area (Å²) in [5, 5.41) is 0. The average molecular weight is 229 g/mol. The highest BCUT2D eigenvalue weighted by atomic mass is 79.9. The molecule has 0 amide bonds. The van der Waals surface area contributed by atoms with Crippen LogP contribution in [0.2, 0.25) is 0 Å². The summed E-state index contributed by atoms with van der Waals surface area (Å²) in [4.78, 5) is 2.20. The standard InChI is InChI=1S/C11H17Br/c12-8-10-6-3-5-9-4-1-2-7-11(9)10/h8-9,11H,1-7H2/b10-8+. The third-order valence-electron chi connectivity index (χ3n) is 3.57. The number of allylic oxidation sites excluding steroid dienone is 1. The Bertz CT molecular complexity index is 181. The van der Waals surface area contributed by atoms with Crippen LogP contribution in [0.5, 0.6) is 0 Å². The molecule has 0 aromatic heterocycles. The normalized spacial score (nSPS) is 39.6. The maximum atomic E-state index is 3.51. The highest BCUT2D eigenvalue weighted by molar-refractivity contribution is 9.11. The zero-order chi connectivity index (χ0) is 8.39. The van der Waals surface area contributed by atoms with Crippen molar-refractivity contribution in [3.05, 3.63) is 10.6 Å². The Labute approximate surface area is 83.6 Å². The number of hydrogen-bond acceptors (Lipinski definition) is 0. The van der Waals surface area contributed by atoms with Gasteiger partial charge in [0.2, 0.25) is 0 Å². The molecule has 0 heterocycles. The van der Waals surface area contributed by atoms with Gasteiger partial charge in [0.05, 0.1) is 0 Å². The van der Waals surface area contributed by atoms with Crippen LogP contribution in [0.15, 0.2) is 10.6 Å². The summed E-state index contributed by atoms with van der Waals surface area (Å²) in [6.45, 7) is 0. The fraction of sp³-hybridized carbons (Fsp3) is 0.818. The van der Waals surface area contributed by atoms with Gasteiger partial charge in [0, 0.05) is 0 Å². The largest absolute Gasteiger partial charge is 0.0599 e. The topological polar surface area (TPSA) is 0 Å². The van der Waals surface area contributed by atoms with Gasteiger partial charge >= 0.3 is 0 Å². The van der Waals surface area contributed by atoms with Gasteiger partial charge in [0.1, 0.15) is 0 Å². The Morgan fingerprint density at radius 3 is 2.67 bits per heavy atom. The highest BCUT2D eigenvalue weighted by Gasteiger charge is 2.30. The molecular weight excluding hydrogens is 212 g/mol. The SMILES string of the molecule is Br/C=C1\CCCC2CCCCC12. The zero-order valence-electron chi connectivity index (χ0n) is 7.56. The summed E-state index contributed by atoms with van der Waals surface area (Å²) >= 11 is 3.51. The third-order valence-corrected chi connectivity index (χ3v) is 4.15. The molecule has 0 spiro atoms. The molecule has 2 aliphatic rings. The van der Waals surface area contributed by atoms with E-state index in [0.29, 0.717) is 0 Å². The summed E-state index contributed by atoms with van der Waals surface area (Å²) in [5.41, 5.74) is 1.70. The van der Waals surface area contributed by atoms with Gasteiger partial charge < -0.3 is 0 Å². The lowest BCUT2D eigenvalue weighted by Gasteiger charge is -2.37. The van der Waals surface area contributed by atoms with Crippen molar-refractivity contribution in [1.29, 1.82) is 0 Å². The summed E-state index contributed by atoms with van der Waals surface area (Å²) < 4.78 is 0. The Hall–Kier alpha value is 0.220. The molecule has 2 saturated carbocycles. The maximum absolute atomic E-state index is 3.51. The zero-order valence-corrected chi connectivity index (χ0v) is 9.15. The minimum absolute atomic E-state index is 0.951. The molecule has 0 radical (unpaired) electrons. The van der Waals surface area contributed by atoms with Crippen molar-refractivity contribution in [2.24, 2.45) is 11.8 Å². The van der Waals surface area contributed by atoms with Crippen LogP contribution in [0.3, 0.4) is 0 Å². The average Bonchev–Trinajstić information content (AvgIpc) is 2.17. The monoisotopic (exact) mass is 228 g/mol. The molecule has 0 aromatic carbocycles. The van der Waals surface area contributed by atoms with Gasteiger partial charge in [0.15, 0.2) is 0 Å². The van der Waals surface area contributed by atoms with E-state index in [2.05, 4.69) is 20.9 Å². The van der Waals surface area contributed by atoms with Crippen molar-refractivity contribution in [1.82, 2.24) is 0 Å². The van der Waals surface area contributed by atoms with Crippen LogP contribution in [0.1, 0.15) is 44.9 Å². The van der Waals surface area contributed by atoms with Crippen LogP contribution in [-0.4, -0.2) is 0 Å². The Kier molecular flexibility index (Phi) is 2.90. The van der Waals surface area contributed by atoms with E-state index in [-0.39, 0.29) is 0 Å². The molecule has 0 saturated heterocycles. The summed E-state index contributed by atoms with van der Waals surface area (Å²) in [6.07, 6.45) is 10.2. The Morgan fingerprint density at radius 2 is 1.83 bits per heavy atom. The first-order valence-corrected chi connectivity index (χ1v) is 6.12. The van der Waals surface area contributed by atoms with Crippen molar-refractivity contribution in [3.8, 4) is 0 Å². The van der Waals surface area contributed by atoms with Crippen molar-refractivity contribution < 1.29 is 0 Å². The van der Waals surface area contributed by atoms with E-state index in [4.69, 9.17) is 0 Å². The molecule has 2 fully saturated rings. The first kappa shape index (κ1) is 8.80. The summed E-state index contributed by atoms with van der Waals surface area (Å²) in [5.74, 6) is 1.99. The van der Waals surface area contributed by atoms with Crippen LogP contribution in [-0.2, 0) is 0 Å². The molecule has 0 N–H and O–H groups in total. The molecule has 0 aliphatic heterocycles. The molecule has 1 heteroatoms. The van der Waals surface area contributed by atoms with Crippen LogP contribution < -0.4 is 0 Å². The van der Waals surface area contributed by atoms with Gasteiger partial charge in [-0.15, -0.1) is 0 Å². The molecule has 0 nitrogen and oxygen atoms in total. The second-order valence-electron chi connectivity index (χ2n) is 4.23. The van der Waals surface area contributed by atoms with Gasteiger partial charge in [-0.05, 0) is 48.9 Å². The molecular formula is C11H17Br. The van der Waals surface area contributed by atoms with Crippen molar-refractivity contribution >= 4 is 15.9 Å². The first-order valence-electron chi connectivity index (χ1n) is 5.21. The van der Waals surface area contributed by atoms with E-state index in [1.54, 1.807) is 5.57 Å². The molecule has 68 valence electrons. The molecule has 12 heavy (non-hydrogen) atoms. The number of rotatable bonds is 0. The minimum Gasteiger partial charge on any atom is -0.0599 e. The van der Waals surface area contributed by atoms with Gasteiger partial charge in [-0.25, -0.2) is 0 Å². The second-order valence-corrected chi connectivity index (χ2v) is 4.69. The Balaban J connectivity index is 2.09. The van der Waals surface area contributed by atoms with Gasteiger partial charge in [-0.1, -0.05) is 34.3 Å². The van der Waals surface area contributed by atoms with E-state index in [1.807, 2.05) is 0 Å². The molecule has 2 atom stereocenters. The van der Waals surface area contributed by atoms with E-state index < -0.39 is 0 Å². The number of fused-ring (bicyclic) bond motifs is 1. The molecule has 2 unspecified atom stereocenters. The molecule has 0 bridgehead atoms. The quantitative estimate of drug-likeness (QED) is 0.582. The molecule has 2 aliphatic carbocycles. The van der Waals surface area contributed by atoms with Crippen LogP contribution in [0, 0.1) is 11.8 Å². The lowest BCUT2D eigenvalue weighted by molar-refractivity contribution is 0.223. The van der Waals surface area contributed by atoms with Gasteiger partial charge in [-0.3, -0.25) is 0 Å². The third kappa shape index (κ3) is 1.61. The predicted molar refractivity (Wildman–Crippen MR) is 56.3 cm³/mol. The van der Waals surface area contributed by atoms with Crippen LogP contribution in [0.4, 0.5) is 0 Å². The van der Waals surface area contributed by atoms with Crippen molar-refractivity contribution in [2.75, 3.05) is 0 Å². The van der Waals surface area contributed by atoms with E-state index >= 15 is 0 Å². The van der Waals surface area contributed by atoms with E-state index in [0.717, 1.165) is 11.8 Å². The second kappa shape index (κ2) is 3.95. The first-order chi connectivity index (χ1) is 5.92. The van der Waals surface area contributed by atoms with E-state index in [1.165, 1.54) is 44.9 Å². The Morgan fingerprint density at radius 1 is 1.08 bits per heavy atom. The fourth-order valence-electron chi connectivity index (χ4n) is 2.93. The van der Waals surface area contributed by atoms with Gasteiger partial charge in [0.25, 0.3) is 0 Å². The maximum Gasteiger partial charge on any atom is -0.0167 e. The van der Waals surface area contributed by atoms with E-state index in [9.17, 15) is 0 Å². The number of hydrogen-bond donors (Lipinski definition) is 0. The van der Waals surface area contributed by atoms with Gasteiger partial charge in [-0.2, -0.15) is 0 Å². The lowest BCUT2D eigenvalue weighted by Crippen LogP contribution is -2.24. The molecule has 0 aromatic rings. The summed E-state index contributed by atoms with van der Waals surface area (Å²) in [7, 11) is 0. The lowest BCUT2D eigenvalue weighted by atomic mass is 9.69. The smallest absolute Gasteiger partial charge is 0.0167 e. The van der Waals surface area contributed by atoms with Crippen LogP contribution in [0.25, 0.3) is 0 Å². The predicted octanol–water partition coefficient (Wildman–Crippen LogP) is 4.26.